The van der Waals surface area contributed by atoms with Crippen molar-refractivity contribution in [1.29, 1.82) is 0 Å². The molecule has 1 atom stereocenters. The maximum absolute atomic E-state index is 10.6. The highest BCUT2D eigenvalue weighted by molar-refractivity contribution is 6.29. The summed E-state index contributed by atoms with van der Waals surface area (Å²) < 4.78 is 5.32. The van der Waals surface area contributed by atoms with E-state index in [4.69, 9.17) is 21.4 Å². The Morgan fingerprint density at radius 3 is 2.86 bits per heavy atom. The maximum Gasteiger partial charge on any atom is 0.322 e. The molecule has 0 aliphatic carbocycles. The molecular formula is C9H16ClNO3. The number of halogens is 1. The number of hydrogen-bond acceptors (Lipinski definition) is 3. The van der Waals surface area contributed by atoms with Crippen molar-refractivity contribution in [3.63, 3.8) is 0 Å². The number of rotatable bonds is 3. The van der Waals surface area contributed by atoms with Gasteiger partial charge in [-0.1, -0.05) is 0 Å². The molecule has 1 unspecified atom stereocenters. The number of carboxylic acids is 1. The van der Waals surface area contributed by atoms with Crippen LogP contribution in [0, 0.1) is 0 Å². The number of alkyl halides is 1. The van der Waals surface area contributed by atoms with Crippen molar-refractivity contribution in [2.75, 3.05) is 26.3 Å². The predicted molar refractivity (Wildman–Crippen MR) is 53.7 cm³/mol. The third-order valence-corrected chi connectivity index (χ3v) is 2.79. The van der Waals surface area contributed by atoms with E-state index in [0.717, 1.165) is 6.54 Å². The van der Waals surface area contributed by atoms with Crippen LogP contribution in [0.1, 0.15) is 13.8 Å². The van der Waals surface area contributed by atoms with Gasteiger partial charge in [-0.2, -0.15) is 0 Å². The minimum absolute atomic E-state index is 0.124. The van der Waals surface area contributed by atoms with Crippen molar-refractivity contribution in [2.45, 2.75) is 24.8 Å². The summed E-state index contributed by atoms with van der Waals surface area (Å²) in [4.78, 5) is 12.7. The van der Waals surface area contributed by atoms with E-state index in [9.17, 15) is 4.79 Å². The molecule has 1 aliphatic heterocycles. The molecule has 14 heavy (non-hydrogen) atoms. The van der Waals surface area contributed by atoms with Gasteiger partial charge in [0.25, 0.3) is 0 Å². The minimum Gasteiger partial charge on any atom is -0.480 e. The van der Waals surface area contributed by atoms with E-state index in [-0.39, 0.29) is 5.54 Å². The SMILES string of the molecule is CC1(C)COCCN1CC(Cl)C(=O)O. The van der Waals surface area contributed by atoms with Gasteiger partial charge < -0.3 is 9.84 Å². The summed E-state index contributed by atoms with van der Waals surface area (Å²) in [6.07, 6.45) is 0. The molecule has 0 aromatic rings. The molecule has 0 bridgehead atoms. The molecule has 0 aromatic heterocycles. The van der Waals surface area contributed by atoms with Gasteiger partial charge >= 0.3 is 5.97 Å². The van der Waals surface area contributed by atoms with Crippen LogP contribution in [0.2, 0.25) is 0 Å². The second-order valence-electron chi connectivity index (χ2n) is 4.12. The Morgan fingerprint density at radius 1 is 1.71 bits per heavy atom. The second-order valence-corrected chi connectivity index (χ2v) is 4.64. The van der Waals surface area contributed by atoms with Crippen LogP contribution in [-0.4, -0.2) is 53.2 Å². The highest BCUT2D eigenvalue weighted by atomic mass is 35.5. The normalized spacial score (nSPS) is 24.5. The van der Waals surface area contributed by atoms with Crippen LogP contribution in [0.25, 0.3) is 0 Å². The molecule has 1 saturated heterocycles. The van der Waals surface area contributed by atoms with Gasteiger partial charge in [0, 0.05) is 18.6 Å². The van der Waals surface area contributed by atoms with Crippen molar-refractivity contribution in [3.05, 3.63) is 0 Å². The first-order chi connectivity index (χ1) is 6.43. The van der Waals surface area contributed by atoms with E-state index < -0.39 is 11.3 Å². The molecule has 1 heterocycles. The van der Waals surface area contributed by atoms with E-state index in [1.165, 1.54) is 0 Å². The standard InChI is InChI=1S/C9H16ClNO3/c1-9(2)6-14-4-3-11(9)5-7(10)8(12)13/h7H,3-6H2,1-2H3,(H,12,13). The molecule has 1 N–H and O–H groups in total. The molecule has 82 valence electrons. The zero-order chi connectivity index (χ0) is 10.8. The fraction of sp³-hybridized carbons (Fsp3) is 0.889. The fourth-order valence-electron chi connectivity index (χ4n) is 1.50. The van der Waals surface area contributed by atoms with Crippen molar-refractivity contribution in [3.8, 4) is 0 Å². The first-order valence-electron chi connectivity index (χ1n) is 4.63. The highest BCUT2D eigenvalue weighted by Crippen LogP contribution is 2.19. The van der Waals surface area contributed by atoms with E-state index in [2.05, 4.69) is 4.90 Å². The van der Waals surface area contributed by atoms with Crippen LogP contribution in [0.4, 0.5) is 0 Å². The predicted octanol–water partition coefficient (Wildman–Crippen LogP) is 0.789. The summed E-state index contributed by atoms with van der Waals surface area (Å²) in [5.41, 5.74) is -0.124. The van der Waals surface area contributed by atoms with Crippen molar-refractivity contribution >= 4 is 17.6 Å². The lowest BCUT2D eigenvalue weighted by atomic mass is 10.0. The Bertz CT molecular complexity index is 220. The van der Waals surface area contributed by atoms with E-state index >= 15 is 0 Å². The Labute approximate surface area is 88.8 Å². The monoisotopic (exact) mass is 221 g/mol. The average molecular weight is 222 g/mol. The Hall–Kier alpha value is -0.320. The third kappa shape index (κ3) is 2.83. The second kappa shape index (κ2) is 4.47. The van der Waals surface area contributed by atoms with Crippen LogP contribution in [0.15, 0.2) is 0 Å². The molecule has 1 fully saturated rings. The Balaban J connectivity index is 2.53. The van der Waals surface area contributed by atoms with Gasteiger partial charge in [0.1, 0.15) is 5.38 Å². The topological polar surface area (TPSA) is 49.8 Å². The number of hydrogen-bond donors (Lipinski definition) is 1. The lowest BCUT2D eigenvalue weighted by Gasteiger charge is -2.42. The first-order valence-corrected chi connectivity index (χ1v) is 5.07. The zero-order valence-corrected chi connectivity index (χ0v) is 9.25. The number of ether oxygens (including phenoxy) is 1. The van der Waals surface area contributed by atoms with E-state index in [0.29, 0.717) is 19.8 Å². The lowest BCUT2D eigenvalue weighted by Crippen LogP contribution is -2.55. The number of carboxylic acid groups (broad SMARTS) is 1. The van der Waals surface area contributed by atoms with Crippen LogP contribution < -0.4 is 0 Å². The third-order valence-electron chi connectivity index (χ3n) is 2.47. The van der Waals surface area contributed by atoms with Crippen LogP contribution >= 0.6 is 11.6 Å². The summed E-state index contributed by atoms with van der Waals surface area (Å²) in [5, 5.41) is 7.85. The van der Waals surface area contributed by atoms with Crippen molar-refractivity contribution < 1.29 is 14.6 Å². The van der Waals surface area contributed by atoms with Crippen LogP contribution in [0.5, 0.6) is 0 Å². The molecule has 0 radical (unpaired) electrons. The summed E-state index contributed by atoms with van der Waals surface area (Å²) in [7, 11) is 0. The molecule has 0 saturated carbocycles. The van der Waals surface area contributed by atoms with Gasteiger partial charge in [0.05, 0.1) is 13.2 Å². The maximum atomic E-state index is 10.6. The Kier molecular flexibility index (Phi) is 3.75. The summed E-state index contributed by atoms with van der Waals surface area (Å²) in [5.74, 6) is -0.964. The summed E-state index contributed by atoms with van der Waals surface area (Å²) >= 11 is 5.69. The van der Waals surface area contributed by atoms with Gasteiger partial charge in [-0.25, -0.2) is 0 Å². The molecule has 1 aliphatic rings. The Morgan fingerprint density at radius 2 is 2.36 bits per heavy atom. The van der Waals surface area contributed by atoms with Crippen LogP contribution in [0.3, 0.4) is 0 Å². The van der Waals surface area contributed by atoms with Crippen molar-refractivity contribution in [2.24, 2.45) is 0 Å². The number of carbonyl (C=O) groups is 1. The van der Waals surface area contributed by atoms with E-state index in [1.807, 2.05) is 13.8 Å². The fourth-order valence-corrected chi connectivity index (χ4v) is 1.67. The van der Waals surface area contributed by atoms with Gasteiger partial charge in [-0.05, 0) is 13.8 Å². The molecule has 0 amide bonds. The highest BCUT2D eigenvalue weighted by Gasteiger charge is 2.32. The van der Waals surface area contributed by atoms with Gasteiger partial charge in [-0.15, -0.1) is 11.6 Å². The quantitative estimate of drug-likeness (QED) is 0.716. The van der Waals surface area contributed by atoms with Gasteiger partial charge in [0.15, 0.2) is 0 Å². The zero-order valence-electron chi connectivity index (χ0n) is 8.49. The smallest absolute Gasteiger partial charge is 0.322 e. The van der Waals surface area contributed by atoms with Gasteiger partial charge in [0.2, 0.25) is 0 Å². The lowest BCUT2D eigenvalue weighted by molar-refractivity contribution is -0.138. The van der Waals surface area contributed by atoms with Gasteiger partial charge in [-0.3, -0.25) is 9.69 Å². The molecule has 5 heteroatoms. The number of nitrogens with zero attached hydrogens (tertiary/aromatic N) is 1. The van der Waals surface area contributed by atoms with Crippen LogP contribution in [-0.2, 0) is 9.53 Å². The molecule has 4 nitrogen and oxygen atoms in total. The molecule has 0 aromatic carbocycles. The number of aliphatic carboxylic acids is 1. The minimum atomic E-state index is -0.964. The van der Waals surface area contributed by atoms with E-state index in [1.54, 1.807) is 0 Å². The molecule has 0 spiro atoms. The molecule has 1 rings (SSSR count). The first kappa shape index (κ1) is 11.8. The number of morpholine rings is 1. The molecular weight excluding hydrogens is 206 g/mol. The summed E-state index contributed by atoms with van der Waals surface area (Å²) in [6.45, 7) is 6.43. The average Bonchev–Trinajstić information content (AvgIpc) is 2.08. The van der Waals surface area contributed by atoms with Crippen molar-refractivity contribution in [1.82, 2.24) is 4.90 Å². The largest absolute Gasteiger partial charge is 0.480 e. The summed E-state index contributed by atoms with van der Waals surface area (Å²) in [6, 6.07) is 0.